The van der Waals surface area contributed by atoms with Crippen LogP contribution in [0.1, 0.15) is 25.7 Å². The summed E-state index contributed by atoms with van der Waals surface area (Å²) in [5.74, 6) is 0.861. The largest absolute Gasteiger partial charge is 0.497 e. The summed E-state index contributed by atoms with van der Waals surface area (Å²) >= 11 is 1.11. The van der Waals surface area contributed by atoms with Crippen LogP contribution in [0, 0.1) is 5.92 Å². The molecule has 3 heterocycles. The van der Waals surface area contributed by atoms with Gasteiger partial charge in [0, 0.05) is 42.2 Å². The van der Waals surface area contributed by atoms with Crippen LogP contribution in [0.4, 0.5) is 5.69 Å². The number of methoxy groups -OCH3 is 1. The van der Waals surface area contributed by atoms with Crippen LogP contribution < -0.4 is 10.1 Å². The van der Waals surface area contributed by atoms with Crippen molar-refractivity contribution in [3.05, 3.63) is 41.6 Å². The van der Waals surface area contributed by atoms with Gasteiger partial charge in [-0.2, -0.15) is 9.29 Å². The van der Waals surface area contributed by atoms with Gasteiger partial charge in [-0.05, 0) is 31.0 Å². The lowest BCUT2D eigenvalue weighted by atomic mass is 9.98. The summed E-state index contributed by atoms with van der Waals surface area (Å²) in [6.07, 6.45) is 1.84. The summed E-state index contributed by atoms with van der Waals surface area (Å²) in [4.78, 5) is 17.1. The summed E-state index contributed by atoms with van der Waals surface area (Å²) < 4.78 is 38.3. The van der Waals surface area contributed by atoms with Crippen LogP contribution in [0.3, 0.4) is 0 Å². The highest BCUT2D eigenvalue weighted by molar-refractivity contribution is 7.91. The number of aryl methyl sites for hydroxylation is 1. The van der Waals surface area contributed by atoms with Crippen LogP contribution in [-0.4, -0.2) is 49.0 Å². The van der Waals surface area contributed by atoms with Crippen LogP contribution in [-0.2, 0) is 21.2 Å². The summed E-state index contributed by atoms with van der Waals surface area (Å²) in [5.41, 5.74) is 1.21. The van der Waals surface area contributed by atoms with E-state index in [-0.39, 0.29) is 16.7 Å². The number of nitrogens with zero attached hydrogens (tertiary/aromatic N) is 3. The number of carbonyl (C=O) groups is 1. The van der Waals surface area contributed by atoms with Crippen molar-refractivity contribution in [1.82, 2.24) is 14.4 Å². The Kier molecular flexibility index (Phi) is 6.58. The molecule has 0 saturated carbocycles. The Morgan fingerprint density at radius 3 is 2.97 bits per heavy atom. The van der Waals surface area contributed by atoms with Crippen LogP contribution in [0.5, 0.6) is 5.75 Å². The summed E-state index contributed by atoms with van der Waals surface area (Å²) in [6.45, 7) is 2.41. The lowest BCUT2D eigenvalue weighted by Gasteiger charge is -2.30. The normalized spacial score (nSPS) is 17.2. The molecule has 1 saturated heterocycles. The number of aromatic nitrogens is 2. The molecule has 1 atom stereocenters. The standard InChI is InChI=1S/C21H24N4O5S2/c1-3-18-23-20(24-30-18)15-10-19(31-13-15)32(27,28)25-9-5-6-14(12-25)21(26)22-16-7-4-8-17(11-16)29-2/h4,7-8,10-11,13-14H,3,5-6,9,12H2,1-2H3,(H,22,26)/t14-/m1/s1. The second-order valence-corrected chi connectivity index (χ2v) is 10.5. The number of rotatable bonds is 7. The minimum atomic E-state index is -3.73. The van der Waals surface area contributed by atoms with Crippen molar-refractivity contribution in [1.29, 1.82) is 0 Å². The van der Waals surface area contributed by atoms with Gasteiger partial charge in [-0.1, -0.05) is 18.1 Å². The fourth-order valence-corrected chi connectivity index (χ4v) is 6.37. The summed E-state index contributed by atoms with van der Waals surface area (Å²) in [6, 6.07) is 8.63. The lowest BCUT2D eigenvalue weighted by molar-refractivity contribution is -0.120. The second-order valence-electron chi connectivity index (χ2n) is 7.44. The predicted molar refractivity (Wildman–Crippen MR) is 120 cm³/mol. The predicted octanol–water partition coefficient (Wildman–Crippen LogP) is 3.41. The maximum absolute atomic E-state index is 13.2. The van der Waals surface area contributed by atoms with Crippen molar-refractivity contribution in [2.24, 2.45) is 5.92 Å². The Morgan fingerprint density at radius 1 is 1.38 bits per heavy atom. The van der Waals surface area contributed by atoms with Crippen molar-refractivity contribution >= 4 is 33.0 Å². The van der Waals surface area contributed by atoms with E-state index in [0.717, 1.165) is 11.3 Å². The summed E-state index contributed by atoms with van der Waals surface area (Å²) in [5, 5.41) is 8.47. The number of sulfonamides is 1. The molecule has 1 aliphatic rings. The Hall–Kier alpha value is -2.76. The van der Waals surface area contributed by atoms with Gasteiger partial charge in [0.05, 0.1) is 13.0 Å². The van der Waals surface area contributed by atoms with E-state index in [4.69, 9.17) is 9.26 Å². The first-order chi connectivity index (χ1) is 15.4. The molecule has 32 heavy (non-hydrogen) atoms. The van der Waals surface area contributed by atoms with Crippen LogP contribution >= 0.6 is 11.3 Å². The molecular weight excluding hydrogens is 452 g/mol. The van der Waals surface area contributed by atoms with E-state index in [0.29, 0.717) is 54.5 Å². The maximum Gasteiger partial charge on any atom is 0.252 e. The van der Waals surface area contributed by atoms with Crippen molar-refractivity contribution in [2.45, 2.75) is 30.4 Å². The second kappa shape index (κ2) is 9.39. The molecule has 0 radical (unpaired) electrons. The van der Waals surface area contributed by atoms with Gasteiger partial charge in [0.1, 0.15) is 9.96 Å². The van der Waals surface area contributed by atoms with Gasteiger partial charge < -0.3 is 14.6 Å². The van der Waals surface area contributed by atoms with Crippen molar-refractivity contribution < 1.29 is 22.5 Å². The molecule has 1 amide bonds. The Bertz CT molecular complexity index is 1200. The van der Waals surface area contributed by atoms with Crippen LogP contribution in [0.2, 0.25) is 0 Å². The molecule has 11 heteroatoms. The third-order valence-corrected chi connectivity index (χ3v) is 8.57. The van der Waals surface area contributed by atoms with E-state index in [2.05, 4.69) is 15.5 Å². The number of carbonyl (C=O) groups excluding carboxylic acids is 1. The van der Waals surface area contributed by atoms with E-state index in [1.54, 1.807) is 42.8 Å². The topological polar surface area (TPSA) is 115 Å². The van der Waals surface area contributed by atoms with E-state index in [1.165, 1.54) is 4.31 Å². The minimum absolute atomic E-state index is 0.133. The van der Waals surface area contributed by atoms with Crippen LogP contribution in [0.25, 0.3) is 11.4 Å². The Balaban J connectivity index is 1.46. The fraction of sp³-hybridized carbons (Fsp3) is 0.381. The zero-order chi connectivity index (χ0) is 22.7. The molecule has 2 aromatic heterocycles. The third-order valence-electron chi connectivity index (χ3n) is 5.29. The fourth-order valence-electron chi connectivity index (χ4n) is 3.53. The molecule has 9 nitrogen and oxygen atoms in total. The van der Waals surface area contributed by atoms with Gasteiger partial charge in [0.15, 0.2) is 0 Å². The summed E-state index contributed by atoms with van der Waals surface area (Å²) in [7, 11) is -2.17. The number of hydrogen-bond acceptors (Lipinski definition) is 8. The third kappa shape index (κ3) is 4.69. The van der Waals surface area contributed by atoms with Gasteiger partial charge in [-0.25, -0.2) is 8.42 Å². The first-order valence-corrected chi connectivity index (χ1v) is 12.6. The Labute approximate surface area is 190 Å². The number of anilines is 1. The number of piperidine rings is 1. The van der Waals surface area contributed by atoms with E-state index in [1.807, 2.05) is 6.92 Å². The molecule has 3 aromatic rings. The molecule has 0 spiro atoms. The molecule has 0 aliphatic carbocycles. The van der Waals surface area contributed by atoms with Crippen LogP contribution in [0.15, 0.2) is 44.4 Å². The molecule has 170 valence electrons. The molecule has 1 N–H and O–H groups in total. The molecule has 1 aliphatic heterocycles. The first kappa shape index (κ1) is 22.4. The number of benzene rings is 1. The van der Waals surface area contributed by atoms with Crippen molar-refractivity contribution in [3.8, 4) is 17.1 Å². The molecule has 1 fully saturated rings. The van der Waals surface area contributed by atoms with E-state index >= 15 is 0 Å². The smallest absolute Gasteiger partial charge is 0.252 e. The zero-order valence-corrected chi connectivity index (χ0v) is 19.4. The number of thiophene rings is 1. The average molecular weight is 477 g/mol. The SMILES string of the molecule is CCc1nc(-c2csc(S(=O)(=O)N3CCC[C@@H](C(=O)Nc4cccc(OC)c4)C3)c2)no1. The van der Waals surface area contributed by atoms with E-state index < -0.39 is 15.9 Å². The van der Waals surface area contributed by atoms with Gasteiger partial charge in [-0.3, -0.25) is 4.79 Å². The van der Waals surface area contributed by atoms with Crippen molar-refractivity contribution in [2.75, 3.05) is 25.5 Å². The van der Waals surface area contributed by atoms with Gasteiger partial charge in [-0.15, -0.1) is 11.3 Å². The van der Waals surface area contributed by atoms with E-state index in [9.17, 15) is 13.2 Å². The molecule has 4 rings (SSSR count). The monoisotopic (exact) mass is 476 g/mol. The number of nitrogens with one attached hydrogen (secondary N) is 1. The quantitative estimate of drug-likeness (QED) is 0.556. The zero-order valence-electron chi connectivity index (χ0n) is 17.8. The Morgan fingerprint density at radius 2 is 2.22 bits per heavy atom. The van der Waals surface area contributed by atoms with Gasteiger partial charge >= 0.3 is 0 Å². The highest BCUT2D eigenvalue weighted by Gasteiger charge is 2.34. The first-order valence-electron chi connectivity index (χ1n) is 10.3. The highest BCUT2D eigenvalue weighted by atomic mass is 32.2. The lowest BCUT2D eigenvalue weighted by Crippen LogP contribution is -2.43. The average Bonchev–Trinajstić information content (AvgIpc) is 3.49. The van der Waals surface area contributed by atoms with Gasteiger partial charge in [0.25, 0.3) is 10.0 Å². The molecule has 0 unspecified atom stereocenters. The van der Waals surface area contributed by atoms with Gasteiger partial charge in [0.2, 0.25) is 17.6 Å². The molecule has 0 bridgehead atoms. The number of amides is 1. The van der Waals surface area contributed by atoms with Crippen molar-refractivity contribution in [3.63, 3.8) is 0 Å². The molecular formula is C21H24N4O5S2. The minimum Gasteiger partial charge on any atom is -0.497 e. The highest BCUT2D eigenvalue weighted by Crippen LogP contribution is 2.31. The number of hydrogen-bond donors (Lipinski definition) is 1. The number of ether oxygens (including phenoxy) is 1. The maximum atomic E-state index is 13.2. The molecule has 1 aromatic carbocycles.